The third-order valence-corrected chi connectivity index (χ3v) is 14.2. The van der Waals surface area contributed by atoms with Crippen molar-refractivity contribution >= 4 is 23.4 Å². The number of likely N-dealkylation sites (N-methyl/N-ethyl adjacent to an activating group) is 1. The molecule has 3 aromatic rings. The number of aromatic nitrogens is 5. The van der Waals surface area contributed by atoms with Gasteiger partial charge in [0.2, 0.25) is 12.7 Å². The average Bonchev–Trinajstić information content (AvgIpc) is 3.82. The summed E-state index contributed by atoms with van der Waals surface area (Å²) in [5, 5.41) is 48.6. The highest BCUT2D eigenvalue weighted by atomic mass is 19.1. The van der Waals surface area contributed by atoms with E-state index in [9.17, 15) is 29.3 Å². The molecule has 2 aliphatic heterocycles. The number of benzene rings is 1. The van der Waals surface area contributed by atoms with Crippen LogP contribution < -0.4 is 5.73 Å². The maximum atomic E-state index is 14.8. The third-order valence-electron chi connectivity index (χ3n) is 14.2. The summed E-state index contributed by atoms with van der Waals surface area (Å²) >= 11 is 0. The van der Waals surface area contributed by atoms with Crippen LogP contribution >= 0.6 is 0 Å². The van der Waals surface area contributed by atoms with Crippen molar-refractivity contribution in [3.63, 3.8) is 0 Å². The number of aliphatic hydroxyl groups is 3. The molecule has 2 saturated heterocycles. The van der Waals surface area contributed by atoms with Gasteiger partial charge in [-0.1, -0.05) is 62.3 Å². The van der Waals surface area contributed by atoms with Crippen molar-refractivity contribution in [3.8, 4) is 11.1 Å². The number of hydrogen-bond donors (Lipinski definition) is 4. The molecule has 2 aliphatic rings. The lowest BCUT2D eigenvalue weighted by atomic mass is 9.74. The Morgan fingerprint density at radius 3 is 2.30 bits per heavy atom. The summed E-state index contributed by atoms with van der Waals surface area (Å²) < 4.78 is 52.3. The van der Waals surface area contributed by atoms with Gasteiger partial charge in [-0.15, -0.1) is 5.10 Å². The topological polar surface area (TPSA) is 258 Å². The van der Waals surface area contributed by atoms with Crippen molar-refractivity contribution in [1.82, 2.24) is 29.9 Å². The highest BCUT2D eigenvalue weighted by Gasteiger charge is 2.52. The summed E-state index contributed by atoms with van der Waals surface area (Å²) in [6.07, 6.45) is -1.33. The number of Topliss-reactive ketones (excluding diaryl/α,β-unsaturated/α-hetero) is 1. The number of nitrogens with zero attached hydrogens (tertiary/aromatic N) is 7. The molecule has 5 N–H and O–H groups in total. The normalized spacial score (nSPS) is 33.2. The first-order valence-corrected chi connectivity index (χ1v) is 23.9. The van der Waals surface area contributed by atoms with Crippen LogP contribution in [-0.4, -0.2) is 165 Å². The number of cyclic esters (lactones) is 1. The number of nitrogens with two attached hydrogens (primary N) is 1. The van der Waals surface area contributed by atoms with E-state index in [0.717, 1.165) is 16.7 Å². The van der Waals surface area contributed by atoms with E-state index < -0.39 is 108 Å². The van der Waals surface area contributed by atoms with Gasteiger partial charge in [0.05, 0.1) is 35.3 Å². The number of alkyl halides is 1. The Labute approximate surface area is 410 Å². The lowest BCUT2D eigenvalue weighted by Crippen LogP contribution is -2.60. The van der Waals surface area contributed by atoms with E-state index in [-0.39, 0.29) is 25.6 Å². The quantitative estimate of drug-likeness (QED) is 0.0484. The fraction of sp³-hybridized carbons (Fsp3) is 0.694. The monoisotopic (exact) mass is 987 g/mol. The number of rotatable bonds is 17. The minimum atomic E-state index is -1.95. The number of ketones is 1. The van der Waals surface area contributed by atoms with Crippen LogP contribution in [0.1, 0.15) is 98.1 Å². The fourth-order valence-corrected chi connectivity index (χ4v) is 9.90. The van der Waals surface area contributed by atoms with E-state index >= 15 is 0 Å². The predicted molar refractivity (Wildman–Crippen MR) is 256 cm³/mol. The van der Waals surface area contributed by atoms with Crippen molar-refractivity contribution in [2.75, 3.05) is 54.1 Å². The molecule has 70 heavy (non-hydrogen) atoms. The van der Waals surface area contributed by atoms with Crippen molar-refractivity contribution in [1.29, 1.82) is 0 Å². The smallest absolute Gasteiger partial charge is 0.316 e. The molecule has 0 bridgehead atoms. The third kappa shape index (κ3) is 12.9. The fourth-order valence-electron chi connectivity index (χ4n) is 9.90. The predicted octanol–water partition coefficient (Wildman–Crippen LogP) is 4.27. The highest BCUT2D eigenvalue weighted by molar-refractivity contribution is 6.00. The second-order valence-corrected chi connectivity index (χ2v) is 19.3. The molecule has 0 amide bonds. The number of anilines is 1. The lowest BCUT2D eigenvalue weighted by Gasteiger charge is -2.47. The molecule has 0 radical (unpaired) electrons. The Hall–Kier alpha value is -4.58. The van der Waals surface area contributed by atoms with Gasteiger partial charge in [-0.3, -0.25) is 9.59 Å². The van der Waals surface area contributed by atoms with Gasteiger partial charge in [0.1, 0.15) is 42.5 Å². The molecule has 1 aromatic carbocycles. The Bertz CT molecular complexity index is 2170. The summed E-state index contributed by atoms with van der Waals surface area (Å²) in [7, 11) is 6.29. The van der Waals surface area contributed by atoms with Crippen LogP contribution in [0.3, 0.4) is 0 Å². The highest BCUT2D eigenvalue weighted by Crippen LogP contribution is 2.39. The number of nitrogen functional groups attached to an aromatic ring is 1. The first-order chi connectivity index (χ1) is 33.1. The number of ether oxygens (including phenoxy) is 6. The number of carbonyl (C=O) groups is 2. The number of aliphatic hydroxyl groups excluding tert-OH is 2. The van der Waals surface area contributed by atoms with Gasteiger partial charge >= 0.3 is 5.97 Å². The van der Waals surface area contributed by atoms with Gasteiger partial charge in [-0.2, -0.15) is 0 Å². The van der Waals surface area contributed by atoms with Gasteiger partial charge in [0, 0.05) is 82.2 Å². The molecule has 0 spiro atoms. The summed E-state index contributed by atoms with van der Waals surface area (Å²) in [5.74, 6) is -4.95. The average molecular weight is 987 g/mol. The van der Waals surface area contributed by atoms with Crippen LogP contribution in [0.4, 0.5) is 10.3 Å². The zero-order chi connectivity index (χ0) is 51.7. The molecule has 20 nitrogen and oxygen atoms in total. The molecule has 4 heterocycles. The van der Waals surface area contributed by atoms with E-state index in [2.05, 4.69) is 25.4 Å². The van der Waals surface area contributed by atoms with Crippen molar-refractivity contribution < 1.29 is 62.6 Å². The zero-order valence-corrected chi connectivity index (χ0v) is 42.6. The molecule has 15 atom stereocenters. The number of methoxy groups -OCH3 is 3. The van der Waals surface area contributed by atoms with Crippen LogP contribution in [0, 0.1) is 23.7 Å². The summed E-state index contributed by atoms with van der Waals surface area (Å²) in [5.41, 5.74) is 5.68. The largest absolute Gasteiger partial charge is 0.459 e. The first kappa shape index (κ1) is 56.3. The summed E-state index contributed by atoms with van der Waals surface area (Å²) in [6.45, 7) is 12.8. The van der Waals surface area contributed by atoms with E-state index in [4.69, 9.17) is 39.0 Å². The summed E-state index contributed by atoms with van der Waals surface area (Å²) in [4.78, 5) is 43.7. The maximum absolute atomic E-state index is 14.8. The van der Waals surface area contributed by atoms with Crippen LogP contribution in [-0.2, 0) is 49.3 Å². The zero-order valence-electron chi connectivity index (χ0n) is 42.6. The molecule has 0 unspecified atom stereocenters. The van der Waals surface area contributed by atoms with Crippen LogP contribution in [0.25, 0.3) is 11.1 Å². The number of halogens is 1. The van der Waals surface area contributed by atoms with E-state index in [1.54, 1.807) is 46.3 Å². The standard InChI is InChI=1S/C49H75FN8O12/c1-13-38-49(8,63)43(61)29(4)39(55-67-26-64-10)27(2)21-48(7,66-12)44(30(5)40(59)31(6)45(62)69-38)70-46-41(60)36(20-28(3)68-46)57(9)19-18-35-25-58(56-54-35)37(22-50)42(65-11)33-16-14-32(15-17-33)34-23-52-47(51)53-24-34/h14-17,23-25,27-31,36-38,41-44,46,60-61,63H,13,18-22,26H2,1-12H3,(H2,51,52,53)/b55-39+/t27-,28-,29+,30+,31-,36+,37-,38-,41-,42-,43-,44-,46+,48-,49-/m1/s1. The Morgan fingerprint density at radius 2 is 1.70 bits per heavy atom. The minimum Gasteiger partial charge on any atom is -0.459 e. The van der Waals surface area contributed by atoms with Gasteiger partial charge in [0.25, 0.3) is 0 Å². The number of hydrogen-bond acceptors (Lipinski definition) is 19. The van der Waals surface area contributed by atoms with Crippen molar-refractivity contribution in [2.45, 2.75) is 147 Å². The molecule has 21 heteroatoms. The van der Waals surface area contributed by atoms with Gasteiger partial charge in [-0.25, -0.2) is 19.0 Å². The van der Waals surface area contributed by atoms with Crippen LogP contribution in [0.15, 0.2) is 48.0 Å². The molecule has 5 rings (SSSR count). The molecular weight excluding hydrogens is 912 g/mol. The maximum Gasteiger partial charge on any atom is 0.316 e. The van der Waals surface area contributed by atoms with Gasteiger partial charge < -0.3 is 59.2 Å². The second-order valence-electron chi connectivity index (χ2n) is 19.3. The van der Waals surface area contributed by atoms with Crippen LogP contribution in [0.2, 0.25) is 0 Å². The van der Waals surface area contributed by atoms with Gasteiger partial charge in [0.15, 0.2) is 12.1 Å². The number of oxime groups is 1. The molecule has 2 fully saturated rings. The lowest BCUT2D eigenvalue weighted by molar-refractivity contribution is -0.295. The molecule has 0 saturated carbocycles. The molecular formula is C49H75FN8O12. The summed E-state index contributed by atoms with van der Waals surface area (Å²) in [6, 6.07) is 6.16. The minimum absolute atomic E-state index is 0.133. The van der Waals surface area contributed by atoms with Crippen molar-refractivity contribution in [3.05, 3.63) is 54.1 Å². The van der Waals surface area contributed by atoms with Gasteiger partial charge in [-0.05, 0) is 65.1 Å². The van der Waals surface area contributed by atoms with Crippen molar-refractivity contribution in [2.24, 2.45) is 28.8 Å². The SMILES string of the molecule is CC[C@H]1OC(=O)[C@H](C)C(=O)[C@H](C)[C@@H](O[C@@H]2O[C@H](C)C[C@H](N(C)CCc3cn([C@H](CF)[C@H](OC)c4ccc(-c5cnc(N)nc5)cc4)nn3)[C@H]2O)[C@](C)(OC)C[C@@H](C)/C(=N\OCOC)[C@H](C)[C@@H](O)[C@]1(C)O. The Morgan fingerprint density at radius 1 is 1.03 bits per heavy atom. The van der Waals surface area contributed by atoms with E-state index in [1.165, 1.54) is 39.9 Å². The molecule has 2 aromatic heterocycles. The van der Waals surface area contributed by atoms with E-state index in [1.807, 2.05) is 50.1 Å². The number of carbonyl (C=O) groups excluding carboxylic acids is 2. The Balaban J connectivity index is 1.36. The van der Waals surface area contributed by atoms with Crippen LogP contribution in [0.5, 0.6) is 0 Å². The second kappa shape index (κ2) is 24.7. The number of esters is 1. The first-order valence-electron chi connectivity index (χ1n) is 23.9. The van der Waals surface area contributed by atoms with E-state index in [0.29, 0.717) is 30.8 Å². The Kier molecular flexibility index (Phi) is 19.9. The molecule has 390 valence electrons. The molecule has 0 aliphatic carbocycles.